The number of ether oxygens (including phenoxy) is 3. The summed E-state index contributed by atoms with van der Waals surface area (Å²) in [6.45, 7) is 10.5. The molecule has 190 valence electrons. The number of hydrogen-bond donors (Lipinski definition) is 2. The fourth-order valence-electron chi connectivity index (χ4n) is 4.13. The minimum atomic E-state index is 0.591. The third-order valence-corrected chi connectivity index (χ3v) is 6.10. The normalized spacial score (nSPS) is 19.0. The smallest absolute Gasteiger partial charge is 0.232 e. The Morgan fingerprint density at radius 1 is 0.629 bits per heavy atom. The summed E-state index contributed by atoms with van der Waals surface area (Å²) >= 11 is 0. The van der Waals surface area contributed by atoms with Gasteiger partial charge in [-0.05, 0) is 12.5 Å². The third kappa shape index (κ3) is 6.55. The van der Waals surface area contributed by atoms with E-state index in [4.69, 9.17) is 19.2 Å². The second-order valence-electron chi connectivity index (χ2n) is 8.50. The number of aromatic nitrogens is 5. The van der Waals surface area contributed by atoms with Gasteiger partial charge in [0, 0.05) is 58.6 Å². The summed E-state index contributed by atoms with van der Waals surface area (Å²) in [7, 11) is 0. The Labute approximate surface area is 205 Å². The summed E-state index contributed by atoms with van der Waals surface area (Å²) in [5.41, 5.74) is 0. The van der Waals surface area contributed by atoms with Crippen LogP contribution in [-0.2, 0) is 14.2 Å². The van der Waals surface area contributed by atoms with Crippen LogP contribution in [0, 0.1) is 0 Å². The van der Waals surface area contributed by atoms with E-state index < -0.39 is 0 Å². The highest BCUT2D eigenvalue weighted by Gasteiger charge is 2.20. The van der Waals surface area contributed by atoms with Crippen molar-refractivity contribution in [2.45, 2.75) is 6.42 Å². The highest BCUT2D eigenvalue weighted by Crippen LogP contribution is 2.19. The first-order chi connectivity index (χ1) is 17.3. The molecule has 0 aromatic carbocycles. The van der Waals surface area contributed by atoms with E-state index in [0.29, 0.717) is 56.8 Å². The average Bonchev–Trinajstić information content (AvgIpc) is 2.94. The number of nitrogens with zero attached hydrogens (tertiary/aromatic N) is 8. The molecule has 3 aliphatic rings. The van der Waals surface area contributed by atoms with Gasteiger partial charge in [-0.15, -0.1) is 0 Å². The summed E-state index contributed by atoms with van der Waals surface area (Å²) in [6, 6.07) is 1.94. The highest BCUT2D eigenvalue weighted by molar-refractivity contribution is 5.46. The van der Waals surface area contributed by atoms with Crippen molar-refractivity contribution in [1.29, 1.82) is 0 Å². The number of hydrogen-bond acceptors (Lipinski definition) is 13. The average molecular weight is 487 g/mol. The number of rotatable bonds is 9. The maximum absolute atomic E-state index is 5.49. The van der Waals surface area contributed by atoms with Crippen LogP contribution in [0.25, 0.3) is 0 Å². The predicted molar refractivity (Wildman–Crippen MR) is 133 cm³/mol. The van der Waals surface area contributed by atoms with E-state index in [2.05, 4.69) is 45.3 Å². The molecular weight excluding hydrogens is 452 g/mol. The van der Waals surface area contributed by atoms with Gasteiger partial charge in [-0.1, -0.05) is 0 Å². The van der Waals surface area contributed by atoms with Crippen LogP contribution in [0.5, 0.6) is 0 Å². The minimum Gasteiger partial charge on any atom is -0.378 e. The Morgan fingerprint density at radius 3 is 1.71 bits per heavy atom. The first-order valence-corrected chi connectivity index (χ1v) is 12.4. The van der Waals surface area contributed by atoms with Crippen LogP contribution >= 0.6 is 0 Å². The van der Waals surface area contributed by atoms with Gasteiger partial charge in [0.1, 0.15) is 5.82 Å². The van der Waals surface area contributed by atoms with Crippen LogP contribution in [0.4, 0.5) is 29.6 Å². The summed E-state index contributed by atoms with van der Waals surface area (Å²) in [6.07, 6.45) is 2.65. The standard InChI is InChI=1S/C22H34N10O3/c1(3-23-19-25-5-2-18(26-19)30-6-12-33-13-7-30)4-24-20-27-21(31-8-14-34-15-9-31)29-22(28-20)32-10-16-35-17-11-32/h2,5H,1,3-4,6-17H2,(H,23,25,26)(H,24,27,28,29). The number of nitrogens with one attached hydrogen (secondary N) is 2. The summed E-state index contributed by atoms with van der Waals surface area (Å²) in [4.78, 5) is 29.6. The molecule has 13 heteroatoms. The zero-order valence-electron chi connectivity index (χ0n) is 20.1. The van der Waals surface area contributed by atoms with Crippen LogP contribution < -0.4 is 25.3 Å². The Morgan fingerprint density at radius 2 is 1.14 bits per heavy atom. The van der Waals surface area contributed by atoms with Crippen molar-refractivity contribution in [3.63, 3.8) is 0 Å². The van der Waals surface area contributed by atoms with Gasteiger partial charge in [0.15, 0.2) is 0 Å². The largest absolute Gasteiger partial charge is 0.378 e. The molecule has 0 atom stereocenters. The van der Waals surface area contributed by atoms with Crippen molar-refractivity contribution in [1.82, 2.24) is 24.9 Å². The van der Waals surface area contributed by atoms with Gasteiger partial charge < -0.3 is 39.5 Å². The Kier molecular flexibility index (Phi) is 8.19. The zero-order valence-corrected chi connectivity index (χ0v) is 20.1. The van der Waals surface area contributed by atoms with Crippen LogP contribution in [-0.4, -0.2) is 117 Å². The van der Waals surface area contributed by atoms with E-state index in [1.54, 1.807) is 6.20 Å². The van der Waals surface area contributed by atoms with Crippen LogP contribution in [0.3, 0.4) is 0 Å². The first kappa shape index (κ1) is 23.7. The van der Waals surface area contributed by atoms with E-state index in [-0.39, 0.29) is 0 Å². The number of anilines is 5. The van der Waals surface area contributed by atoms with E-state index in [0.717, 1.165) is 71.3 Å². The maximum atomic E-state index is 5.49. The Hall–Kier alpha value is -3.03. The van der Waals surface area contributed by atoms with E-state index >= 15 is 0 Å². The lowest BCUT2D eigenvalue weighted by molar-refractivity contribution is 0.121. The van der Waals surface area contributed by atoms with Crippen molar-refractivity contribution in [2.24, 2.45) is 0 Å². The van der Waals surface area contributed by atoms with Gasteiger partial charge in [0.25, 0.3) is 0 Å². The monoisotopic (exact) mass is 486 g/mol. The van der Waals surface area contributed by atoms with Crippen molar-refractivity contribution < 1.29 is 14.2 Å². The van der Waals surface area contributed by atoms with E-state index in [1.807, 2.05) is 6.07 Å². The quantitative estimate of drug-likeness (QED) is 0.465. The fourth-order valence-corrected chi connectivity index (χ4v) is 4.13. The molecule has 3 aliphatic heterocycles. The second-order valence-corrected chi connectivity index (χ2v) is 8.50. The van der Waals surface area contributed by atoms with Crippen LogP contribution in [0.1, 0.15) is 6.42 Å². The van der Waals surface area contributed by atoms with Gasteiger partial charge >= 0.3 is 0 Å². The van der Waals surface area contributed by atoms with E-state index in [9.17, 15) is 0 Å². The lowest BCUT2D eigenvalue weighted by Crippen LogP contribution is -2.40. The van der Waals surface area contributed by atoms with Gasteiger partial charge in [0.2, 0.25) is 23.8 Å². The number of morpholine rings is 3. The molecule has 0 unspecified atom stereocenters. The minimum absolute atomic E-state index is 0.591. The topological polar surface area (TPSA) is 126 Å². The lowest BCUT2D eigenvalue weighted by Gasteiger charge is -2.30. The molecule has 5 rings (SSSR count). The maximum Gasteiger partial charge on any atom is 0.232 e. The van der Waals surface area contributed by atoms with Crippen molar-refractivity contribution >= 4 is 29.6 Å². The molecule has 2 aromatic rings. The van der Waals surface area contributed by atoms with Crippen LogP contribution in [0.2, 0.25) is 0 Å². The predicted octanol–water partition coefficient (Wildman–Crippen LogP) is 0.0855. The molecule has 2 N–H and O–H groups in total. The molecule has 0 amide bonds. The molecule has 0 aliphatic carbocycles. The molecule has 5 heterocycles. The molecule has 3 fully saturated rings. The zero-order chi connectivity index (χ0) is 23.7. The van der Waals surface area contributed by atoms with Crippen LogP contribution in [0.15, 0.2) is 12.3 Å². The molecule has 0 spiro atoms. The molecule has 0 bridgehead atoms. The molecular formula is C22H34N10O3. The van der Waals surface area contributed by atoms with Crippen molar-refractivity contribution in [2.75, 3.05) is 117 Å². The highest BCUT2D eigenvalue weighted by atomic mass is 16.5. The van der Waals surface area contributed by atoms with Gasteiger partial charge in [-0.25, -0.2) is 4.98 Å². The molecule has 13 nitrogen and oxygen atoms in total. The lowest BCUT2D eigenvalue weighted by atomic mass is 10.4. The molecule has 0 saturated carbocycles. The molecule has 35 heavy (non-hydrogen) atoms. The first-order valence-electron chi connectivity index (χ1n) is 12.4. The van der Waals surface area contributed by atoms with Gasteiger partial charge in [-0.2, -0.15) is 19.9 Å². The summed E-state index contributed by atoms with van der Waals surface area (Å²) < 4.78 is 16.4. The third-order valence-electron chi connectivity index (χ3n) is 6.10. The Bertz CT molecular complexity index is 897. The Balaban J connectivity index is 1.15. The SMILES string of the molecule is c1cc(N2CCOCC2)nc(NCCCNc2nc(N3CCOCC3)nc(N3CCOCC3)n2)n1. The summed E-state index contributed by atoms with van der Waals surface area (Å²) in [5, 5.41) is 6.69. The van der Waals surface area contributed by atoms with Crippen molar-refractivity contribution in [3.05, 3.63) is 12.3 Å². The molecule has 3 saturated heterocycles. The molecule has 0 radical (unpaired) electrons. The summed E-state index contributed by atoms with van der Waals surface area (Å²) in [5.74, 6) is 3.55. The molecule has 2 aromatic heterocycles. The van der Waals surface area contributed by atoms with Gasteiger partial charge in [0.05, 0.1) is 39.6 Å². The van der Waals surface area contributed by atoms with Gasteiger partial charge in [-0.3, -0.25) is 0 Å². The fraction of sp³-hybridized carbons (Fsp3) is 0.682. The van der Waals surface area contributed by atoms with E-state index in [1.165, 1.54) is 0 Å². The van der Waals surface area contributed by atoms with Crippen molar-refractivity contribution in [3.8, 4) is 0 Å². The second kappa shape index (κ2) is 12.1.